The highest BCUT2D eigenvalue weighted by Gasteiger charge is 2.22. The number of hydrogen-bond acceptors (Lipinski definition) is 4. The number of primary amides is 1. The van der Waals surface area contributed by atoms with Crippen LogP contribution in [0.2, 0.25) is 0 Å². The predicted molar refractivity (Wildman–Crippen MR) is 102 cm³/mol. The van der Waals surface area contributed by atoms with Crippen molar-refractivity contribution < 1.29 is 19.1 Å². The number of hydrogen-bond donors (Lipinski definition) is 3. The van der Waals surface area contributed by atoms with E-state index in [-0.39, 0.29) is 30.7 Å². The van der Waals surface area contributed by atoms with Gasteiger partial charge in [0.25, 0.3) is 0 Å². The van der Waals surface area contributed by atoms with E-state index in [1.807, 2.05) is 6.92 Å². The second kappa shape index (κ2) is 15.6. The first-order chi connectivity index (χ1) is 12.4. The summed E-state index contributed by atoms with van der Waals surface area (Å²) in [7, 11) is 1.55. The number of ether oxygens (including phenoxy) is 1. The molecule has 0 heterocycles. The third-order valence-electron chi connectivity index (χ3n) is 4.14. The Morgan fingerprint density at radius 3 is 2.15 bits per heavy atom. The summed E-state index contributed by atoms with van der Waals surface area (Å²) in [5.41, 5.74) is 5.17. The molecule has 0 spiro atoms. The molecule has 0 aliphatic carbocycles. The smallest absolute Gasteiger partial charge is 0.242 e. The van der Waals surface area contributed by atoms with Crippen LogP contribution >= 0.6 is 0 Å². The van der Waals surface area contributed by atoms with Gasteiger partial charge in [-0.1, -0.05) is 45.4 Å². The van der Waals surface area contributed by atoms with E-state index in [4.69, 9.17) is 10.5 Å². The van der Waals surface area contributed by atoms with Gasteiger partial charge in [0.1, 0.15) is 6.04 Å². The molecule has 0 radical (unpaired) electrons. The summed E-state index contributed by atoms with van der Waals surface area (Å²) in [4.78, 5) is 35.5. The van der Waals surface area contributed by atoms with Crippen LogP contribution in [0.15, 0.2) is 0 Å². The molecule has 3 amide bonds. The van der Waals surface area contributed by atoms with Gasteiger partial charge in [-0.15, -0.1) is 0 Å². The minimum absolute atomic E-state index is 0.0501. The van der Waals surface area contributed by atoms with Crippen molar-refractivity contribution in [2.45, 2.75) is 90.1 Å². The van der Waals surface area contributed by atoms with Crippen molar-refractivity contribution in [2.75, 3.05) is 13.7 Å². The fourth-order valence-electron chi connectivity index (χ4n) is 2.70. The molecule has 0 aliphatic rings. The molecule has 26 heavy (non-hydrogen) atoms. The lowest BCUT2D eigenvalue weighted by atomic mass is 10.1. The fourth-order valence-corrected chi connectivity index (χ4v) is 2.70. The molecule has 4 N–H and O–H groups in total. The first-order valence-electron chi connectivity index (χ1n) is 9.77. The number of methoxy groups -OCH3 is 1. The highest BCUT2D eigenvalue weighted by atomic mass is 16.5. The third-order valence-corrected chi connectivity index (χ3v) is 4.14. The van der Waals surface area contributed by atoms with Crippen LogP contribution in [0.5, 0.6) is 0 Å². The highest BCUT2D eigenvalue weighted by Crippen LogP contribution is 2.08. The van der Waals surface area contributed by atoms with Crippen molar-refractivity contribution in [3.05, 3.63) is 0 Å². The number of rotatable bonds is 16. The number of unbranched alkanes of at least 4 members (excludes halogenated alkanes) is 6. The van der Waals surface area contributed by atoms with Gasteiger partial charge in [-0.2, -0.15) is 0 Å². The topological polar surface area (TPSA) is 111 Å². The Hall–Kier alpha value is -1.63. The van der Waals surface area contributed by atoms with Crippen molar-refractivity contribution >= 4 is 17.7 Å². The van der Waals surface area contributed by atoms with Crippen molar-refractivity contribution in [3.8, 4) is 0 Å². The van der Waals surface area contributed by atoms with Crippen molar-refractivity contribution in [1.82, 2.24) is 10.6 Å². The Bertz CT molecular complexity index is 416. The number of carbonyl (C=O) groups is 3. The molecule has 2 atom stereocenters. The molecule has 0 aromatic carbocycles. The van der Waals surface area contributed by atoms with Crippen LogP contribution in [0.4, 0.5) is 0 Å². The van der Waals surface area contributed by atoms with E-state index in [1.165, 1.54) is 25.7 Å². The summed E-state index contributed by atoms with van der Waals surface area (Å²) >= 11 is 0. The first-order valence-corrected chi connectivity index (χ1v) is 9.77. The van der Waals surface area contributed by atoms with E-state index < -0.39 is 11.9 Å². The fraction of sp³-hybridized carbons (Fsp3) is 0.842. The monoisotopic (exact) mass is 371 g/mol. The summed E-state index contributed by atoms with van der Waals surface area (Å²) < 4.78 is 4.99. The average molecular weight is 372 g/mol. The maximum atomic E-state index is 12.3. The van der Waals surface area contributed by atoms with Gasteiger partial charge in [0.2, 0.25) is 17.7 Å². The largest absolute Gasteiger partial charge is 0.383 e. The molecule has 0 saturated heterocycles. The second-order valence-corrected chi connectivity index (χ2v) is 6.86. The zero-order valence-corrected chi connectivity index (χ0v) is 16.6. The predicted octanol–water partition coefficient (Wildman–Crippen LogP) is 2.03. The Kier molecular flexibility index (Phi) is 14.6. The molecular formula is C19H37N3O4. The molecule has 0 unspecified atom stereocenters. The molecule has 152 valence electrons. The maximum Gasteiger partial charge on any atom is 0.242 e. The number of amides is 3. The Balaban J connectivity index is 4.27. The van der Waals surface area contributed by atoms with Crippen molar-refractivity contribution in [2.24, 2.45) is 5.73 Å². The third kappa shape index (κ3) is 13.6. The zero-order valence-electron chi connectivity index (χ0n) is 16.6. The average Bonchev–Trinajstić information content (AvgIpc) is 2.57. The molecule has 0 saturated carbocycles. The van der Waals surface area contributed by atoms with E-state index in [0.29, 0.717) is 13.0 Å². The highest BCUT2D eigenvalue weighted by molar-refractivity contribution is 5.88. The minimum atomic E-state index is -0.751. The summed E-state index contributed by atoms with van der Waals surface area (Å²) in [5, 5.41) is 5.51. The lowest BCUT2D eigenvalue weighted by Crippen LogP contribution is -2.50. The quantitative estimate of drug-likeness (QED) is 0.360. The molecule has 7 nitrogen and oxygen atoms in total. The van der Waals surface area contributed by atoms with Crippen LogP contribution in [0, 0.1) is 0 Å². The summed E-state index contributed by atoms with van der Waals surface area (Å²) in [5.74, 6) is -0.972. The first kappa shape index (κ1) is 24.4. The number of nitrogens with two attached hydrogens (primary N) is 1. The Morgan fingerprint density at radius 2 is 1.58 bits per heavy atom. The molecule has 0 aromatic rings. The van der Waals surface area contributed by atoms with E-state index in [0.717, 1.165) is 19.3 Å². The van der Waals surface area contributed by atoms with E-state index in [9.17, 15) is 14.4 Å². The lowest BCUT2D eigenvalue weighted by molar-refractivity contribution is -0.130. The summed E-state index contributed by atoms with van der Waals surface area (Å²) in [6.07, 6.45) is 8.53. The van der Waals surface area contributed by atoms with Gasteiger partial charge in [0.15, 0.2) is 0 Å². The van der Waals surface area contributed by atoms with Gasteiger partial charge in [-0.3, -0.25) is 14.4 Å². The van der Waals surface area contributed by atoms with Gasteiger partial charge in [0.05, 0.1) is 6.61 Å². The molecule has 0 bridgehead atoms. The maximum absolute atomic E-state index is 12.3. The Labute approximate surface area is 157 Å². The van der Waals surface area contributed by atoms with Crippen molar-refractivity contribution in [1.29, 1.82) is 0 Å². The Morgan fingerprint density at radius 1 is 0.962 bits per heavy atom. The summed E-state index contributed by atoms with van der Waals surface area (Å²) in [6.45, 7) is 4.37. The van der Waals surface area contributed by atoms with Crippen LogP contribution in [0.1, 0.15) is 78.1 Å². The van der Waals surface area contributed by atoms with Crippen LogP contribution < -0.4 is 16.4 Å². The minimum Gasteiger partial charge on any atom is -0.383 e. The van der Waals surface area contributed by atoms with E-state index in [1.54, 1.807) is 7.11 Å². The van der Waals surface area contributed by atoms with Gasteiger partial charge in [-0.25, -0.2) is 0 Å². The number of carbonyl (C=O) groups excluding carboxylic acids is 3. The van der Waals surface area contributed by atoms with E-state index >= 15 is 0 Å². The molecule has 0 rings (SSSR count). The van der Waals surface area contributed by atoms with Crippen LogP contribution in [0.25, 0.3) is 0 Å². The molecular weight excluding hydrogens is 334 g/mol. The van der Waals surface area contributed by atoms with Crippen molar-refractivity contribution in [3.63, 3.8) is 0 Å². The van der Waals surface area contributed by atoms with Gasteiger partial charge in [0, 0.05) is 26.0 Å². The SMILES string of the molecule is CCCCCCCCCC(=O)N[C@@H](CCC(N)=O)C(=O)N[C@@H](C)COC. The molecule has 0 fully saturated rings. The molecule has 7 heteroatoms. The van der Waals surface area contributed by atoms with Crippen LogP contribution in [-0.4, -0.2) is 43.5 Å². The number of nitrogens with one attached hydrogen (secondary N) is 2. The van der Waals surface area contributed by atoms with Gasteiger partial charge >= 0.3 is 0 Å². The molecule has 0 aliphatic heterocycles. The molecule has 0 aromatic heterocycles. The van der Waals surface area contributed by atoms with E-state index in [2.05, 4.69) is 17.6 Å². The second-order valence-electron chi connectivity index (χ2n) is 6.86. The lowest BCUT2D eigenvalue weighted by Gasteiger charge is -2.21. The van der Waals surface area contributed by atoms with Crippen LogP contribution in [0.3, 0.4) is 0 Å². The normalized spacial score (nSPS) is 13.0. The van der Waals surface area contributed by atoms with Crippen LogP contribution in [-0.2, 0) is 19.1 Å². The van der Waals surface area contributed by atoms with Gasteiger partial charge < -0.3 is 21.1 Å². The zero-order chi connectivity index (χ0) is 19.8. The van der Waals surface area contributed by atoms with Gasteiger partial charge in [-0.05, 0) is 19.8 Å². The summed E-state index contributed by atoms with van der Waals surface area (Å²) in [6, 6.07) is -0.928. The standard InChI is InChI=1S/C19H37N3O4/c1-4-5-6-7-8-9-10-11-18(24)22-16(12-13-17(20)23)19(25)21-15(2)14-26-3/h15-16H,4-14H2,1-3H3,(H2,20,23)(H,21,25)(H,22,24)/t15-,16-/m0/s1.